The molecule has 0 unspecified atom stereocenters. The van der Waals surface area contributed by atoms with Crippen LogP contribution in [0.2, 0.25) is 0 Å². The van der Waals surface area contributed by atoms with Gasteiger partial charge in [0, 0.05) is 29.2 Å². The maximum atomic E-state index is 12.9. The average Bonchev–Trinajstić information content (AvgIpc) is 2.87. The lowest BCUT2D eigenvalue weighted by molar-refractivity contribution is -0.777. The van der Waals surface area contributed by atoms with Crippen LogP contribution in [-0.2, 0) is 15.5 Å². The molecule has 1 heterocycles. The Morgan fingerprint density at radius 1 is 1.35 bits per heavy atom. The second-order valence-electron chi connectivity index (χ2n) is 4.73. The highest BCUT2D eigenvalue weighted by Gasteiger charge is 2.33. The van der Waals surface area contributed by atoms with Gasteiger partial charge < -0.3 is 10.2 Å². The summed E-state index contributed by atoms with van der Waals surface area (Å²) in [5.41, 5.74) is -0.0551. The number of rotatable bonds is 7. The van der Waals surface area contributed by atoms with E-state index in [1.54, 1.807) is 0 Å². The standard InChI is InChI=1S/C14H16F3NO3S2/c1-2-13-18(7-3-4-8-22-21-20-19)11-9-10(14(15,16)17)5-6-12(11)23-13/h2,5-6,9,19H,3-4,7-8H2,1H3/p-1/b13-2-. The zero-order valence-electron chi connectivity index (χ0n) is 12.3. The Labute approximate surface area is 140 Å². The first-order valence-corrected chi connectivity index (χ1v) is 8.61. The van der Waals surface area contributed by atoms with E-state index in [-0.39, 0.29) is 0 Å². The largest absolute Gasteiger partial charge is 0.691 e. The molecule has 0 bridgehead atoms. The lowest BCUT2D eigenvalue weighted by Gasteiger charge is -2.21. The van der Waals surface area contributed by atoms with Crippen molar-refractivity contribution in [1.29, 1.82) is 0 Å². The van der Waals surface area contributed by atoms with Crippen molar-refractivity contribution in [3.05, 3.63) is 34.9 Å². The van der Waals surface area contributed by atoms with E-state index >= 15 is 0 Å². The Bertz CT molecular complexity index is 567. The van der Waals surface area contributed by atoms with E-state index in [4.69, 9.17) is 0 Å². The normalized spacial score (nSPS) is 16.2. The number of anilines is 1. The minimum absolute atomic E-state index is 0.573. The third kappa shape index (κ3) is 4.80. The van der Waals surface area contributed by atoms with Crippen molar-refractivity contribution in [2.75, 3.05) is 17.2 Å². The first kappa shape index (κ1) is 18.5. The Kier molecular flexibility index (Phi) is 6.66. The van der Waals surface area contributed by atoms with Gasteiger partial charge in [-0.05, 0) is 38.0 Å². The molecule has 0 atom stereocenters. The van der Waals surface area contributed by atoms with Crippen LogP contribution in [-0.4, -0.2) is 12.3 Å². The zero-order chi connectivity index (χ0) is 16.9. The summed E-state index contributed by atoms with van der Waals surface area (Å²) in [5.74, 6) is 0.573. The molecule has 0 aromatic heterocycles. The van der Waals surface area contributed by atoms with Crippen LogP contribution < -0.4 is 10.2 Å². The summed E-state index contributed by atoms with van der Waals surface area (Å²) in [5, 5.41) is 13.8. The lowest BCUT2D eigenvalue weighted by Crippen LogP contribution is -2.19. The fourth-order valence-corrected chi connectivity index (χ4v) is 3.69. The van der Waals surface area contributed by atoms with Crippen LogP contribution in [0.25, 0.3) is 0 Å². The fourth-order valence-electron chi connectivity index (χ4n) is 2.21. The molecule has 1 aliphatic heterocycles. The average molecular weight is 366 g/mol. The highest BCUT2D eigenvalue weighted by molar-refractivity contribution is 8.03. The van der Waals surface area contributed by atoms with Gasteiger partial charge in [-0.15, -0.1) is 0 Å². The quantitative estimate of drug-likeness (QED) is 0.313. The minimum Gasteiger partial charge on any atom is -0.691 e. The summed E-state index contributed by atoms with van der Waals surface area (Å²) < 4.78 is 42.8. The maximum Gasteiger partial charge on any atom is 0.416 e. The molecule has 9 heteroatoms. The van der Waals surface area contributed by atoms with Gasteiger partial charge in [-0.25, -0.2) is 0 Å². The van der Waals surface area contributed by atoms with E-state index < -0.39 is 11.7 Å². The number of thioether (sulfide) groups is 1. The molecule has 0 N–H and O–H groups in total. The van der Waals surface area contributed by atoms with Crippen LogP contribution in [0.4, 0.5) is 18.9 Å². The Morgan fingerprint density at radius 2 is 2.13 bits per heavy atom. The van der Waals surface area contributed by atoms with E-state index in [0.717, 1.165) is 40.9 Å². The summed E-state index contributed by atoms with van der Waals surface area (Å²) >= 11 is 2.38. The van der Waals surface area contributed by atoms with Gasteiger partial charge in [0.1, 0.15) is 0 Å². The van der Waals surface area contributed by atoms with Gasteiger partial charge in [0.15, 0.2) is 0 Å². The molecular weight excluding hydrogens is 351 g/mol. The van der Waals surface area contributed by atoms with Crippen LogP contribution in [0.5, 0.6) is 0 Å². The molecule has 0 saturated heterocycles. The van der Waals surface area contributed by atoms with Gasteiger partial charge in [0.05, 0.1) is 16.3 Å². The number of benzene rings is 1. The molecule has 1 aromatic rings. The monoisotopic (exact) mass is 366 g/mol. The van der Waals surface area contributed by atoms with Crippen molar-refractivity contribution >= 4 is 29.5 Å². The fraction of sp³-hybridized carbons (Fsp3) is 0.429. The molecular formula is C14H15F3NO3S2-. The van der Waals surface area contributed by atoms with Crippen molar-refractivity contribution in [2.45, 2.75) is 30.8 Å². The van der Waals surface area contributed by atoms with Crippen molar-refractivity contribution < 1.29 is 27.8 Å². The molecule has 4 nitrogen and oxygen atoms in total. The number of halogens is 3. The molecule has 0 amide bonds. The topological polar surface area (TPSA) is 44.8 Å². The van der Waals surface area contributed by atoms with Crippen LogP contribution in [0.1, 0.15) is 25.3 Å². The van der Waals surface area contributed by atoms with Gasteiger partial charge >= 0.3 is 6.18 Å². The third-order valence-electron chi connectivity index (χ3n) is 3.24. The van der Waals surface area contributed by atoms with Crippen LogP contribution >= 0.6 is 23.8 Å². The summed E-state index contributed by atoms with van der Waals surface area (Å²) in [6, 6.07) is 3.82. The summed E-state index contributed by atoms with van der Waals surface area (Å²) in [6.45, 7) is 2.46. The molecule has 1 aliphatic rings. The molecule has 0 fully saturated rings. The summed E-state index contributed by atoms with van der Waals surface area (Å²) in [4.78, 5) is 2.72. The molecule has 0 saturated carbocycles. The van der Waals surface area contributed by atoms with Crippen molar-refractivity contribution in [1.82, 2.24) is 0 Å². The predicted molar refractivity (Wildman–Crippen MR) is 82.3 cm³/mol. The van der Waals surface area contributed by atoms with Crippen molar-refractivity contribution in [3.8, 4) is 0 Å². The predicted octanol–water partition coefficient (Wildman–Crippen LogP) is 4.13. The molecule has 0 aliphatic carbocycles. The van der Waals surface area contributed by atoms with E-state index in [2.05, 4.69) is 9.37 Å². The van der Waals surface area contributed by atoms with E-state index in [1.165, 1.54) is 23.9 Å². The number of hydrogen-bond acceptors (Lipinski definition) is 6. The SMILES string of the molecule is C/C=C1\Sc2ccc(C(F)(F)F)cc2N1CCCCSOO[O-]. The van der Waals surface area contributed by atoms with Crippen molar-refractivity contribution in [2.24, 2.45) is 0 Å². The van der Waals surface area contributed by atoms with Gasteiger partial charge in [-0.2, -0.15) is 17.5 Å². The second-order valence-corrected chi connectivity index (χ2v) is 6.57. The van der Waals surface area contributed by atoms with Crippen molar-refractivity contribution in [3.63, 3.8) is 0 Å². The van der Waals surface area contributed by atoms with Crippen LogP contribution in [0.3, 0.4) is 0 Å². The zero-order valence-corrected chi connectivity index (χ0v) is 13.9. The summed E-state index contributed by atoms with van der Waals surface area (Å²) in [7, 11) is 0. The maximum absolute atomic E-state index is 12.9. The molecule has 23 heavy (non-hydrogen) atoms. The van der Waals surface area contributed by atoms with E-state index in [9.17, 15) is 18.4 Å². The van der Waals surface area contributed by atoms with E-state index in [0.29, 0.717) is 18.0 Å². The van der Waals surface area contributed by atoms with E-state index in [1.807, 2.05) is 17.9 Å². The van der Waals surface area contributed by atoms with Crippen LogP contribution in [0, 0.1) is 0 Å². The number of hydrogen-bond donors (Lipinski definition) is 0. The highest BCUT2D eigenvalue weighted by atomic mass is 32.2. The number of nitrogens with zero attached hydrogens (tertiary/aromatic N) is 1. The van der Waals surface area contributed by atoms with Crippen LogP contribution in [0.15, 0.2) is 34.2 Å². The van der Waals surface area contributed by atoms with Gasteiger partial charge in [-0.3, -0.25) is 5.04 Å². The number of allylic oxidation sites excluding steroid dienone is 1. The van der Waals surface area contributed by atoms with Gasteiger partial charge in [-0.1, -0.05) is 17.8 Å². The Hall–Kier alpha value is -0.870. The molecule has 2 rings (SSSR count). The molecule has 128 valence electrons. The molecule has 0 radical (unpaired) electrons. The third-order valence-corrected chi connectivity index (χ3v) is 5.08. The van der Waals surface area contributed by atoms with Gasteiger partial charge in [0.2, 0.25) is 0 Å². The molecule has 0 spiro atoms. The lowest BCUT2D eigenvalue weighted by atomic mass is 10.1. The molecule has 1 aromatic carbocycles. The first-order valence-electron chi connectivity index (χ1n) is 6.88. The highest BCUT2D eigenvalue weighted by Crippen LogP contribution is 2.47. The smallest absolute Gasteiger partial charge is 0.416 e. The second kappa shape index (κ2) is 8.29. The first-order chi connectivity index (χ1) is 11.0. The Morgan fingerprint density at radius 3 is 2.78 bits per heavy atom. The van der Waals surface area contributed by atoms with Gasteiger partial charge in [0.25, 0.3) is 0 Å². The minimum atomic E-state index is -4.35. The summed E-state index contributed by atoms with van der Waals surface area (Å²) in [6.07, 6.45) is -0.958. The number of alkyl halides is 3. The Balaban J connectivity index is 2.04. The number of fused-ring (bicyclic) bond motifs is 1. The number of unbranched alkanes of at least 4 members (excludes halogenated alkanes) is 1.